The molecule has 7 nitrogen and oxygen atoms in total. The van der Waals surface area contributed by atoms with Crippen LogP contribution in [-0.2, 0) is 28.5 Å². The number of carbonyl (C=O) groups excluding carboxylic acids is 2. The van der Waals surface area contributed by atoms with Gasteiger partial charge in [0.15, 0.2) is 11.9 Å². The summed E-state index contributed by atoms with van der Waals surface area (Å²) in [4.78, 5) is 27.1. The molecule has 3 aliphatic rings. The Kier molecular flexibility index (Phi) is 3.96. The van der Waals surface area contributed by atoms with Crippen LogP contribution in [0.25, 0.3) is 0 Å². The predicted molar refractivity (Wildman–Crippen MR) is 91.7 cm³/mol. The number of carbonyl (C=O) groups is 2. The summed E-state index contributed by atoms with van der Waals surface area (Å²) in [5, 5.41) is 0. The standard InChI is InChI=1S/C19H23NO6/c1-11-5-12(2)7-13(6-11)20-10-19(24-9-15(20)21)17(22)16-14(8-23-19)25-18(3,4)26-16/h5-7,14,16H,8-10H2,1-4H3/t14-,16-,19+/m1/s1. The maximum atomic E-state index is 13.1. The molecule has 0 bridgehead atoms. The molecule has 0 unspecified atom stereocenters. The molecule has 1 spiro atoms. The molecule has 26 heavy (non-hydrogen) atoms. The van der Waals surface area contributed by atoms with E-state index in [9.17, 15) is 9.59 Å². The molecule has 4 rings (SSSR count). The van der Waals surface area contributed by atoms with E-state index < -0.39 is 23.8 Å². The van der Waals surface area contributed by atoms with Gasteiger partial charge in [0.05, 0.1) is 13.2 Å². The van der Waals surface area contributed by atoms with Gasteiger partial charge in [0.1, 0.15) is 12.7 Å². The first-order valence-corrected chi connectivity index (χ1v) is 8.76. The monoisotopic (exact) mass is 361 g/mol. The highest BCUT2D eigenvalue weighted by atomic mass is 16.8. The molecule has 3 atom stereocenters. The number of aryl methyl sites for hydroxylation is 2. The minimum atomic E-state index is -1.52. The highest BCUT2D eigenvalue weighted by Gasteiger charge is 2.60. The van der Waals surface area contributed by atoms with Gasteiger partial charge in [-0.15, -0.1) is 0 Å². The van der Waals surface area contributed by atoms with Crippen LogP contribution < -0.4 is 4.90 Å². The third-order valence-corrected chi connectivity index (χ3v) is 4.91. The van der Waals surface area contributed by atoms with Gasteiger partial charge in [0.25, 0.3) is 11.7 Å². The minimum absolute atomic E-state index is 0.000564. The number of ketones is 1. The van der Waals surface area contributed by atoms with E-state index in [2.05, 4.69) is 0 Å². The second kappa shape index (κ2) is 5.85. The Morgan fingerprint density at radius 2 is 1.73 bits per heavy atom. The topological polar surface area (TPSA) is 74.3 Å². The molecule has 7 heteroatoms. The summed E-state index contributed by atoms with van der Waals surface area (Å²) in [6.07, 6.45) is -1.22. The maximum absolute atomic E-state index is 13.1. The molecule has 0 aliphatic carbocycles. The highest BCUT2D eigenvalue weighted by molar-refractivity contribution is 6.00. The number of morpholine rings is 1. The first kappa shape index (κ1) is 17.6. The second-order valence-electron chi connectivity index (χ2n) is 7.64. The average Bonchev–Trinajstić information content (AvgIpc) is 2.87. The van der Waals surface area contributed by atoms with Gasteiger partial charge >= 0.3 is 0 Å². The summed E-state index contributed by atoms with van der Waals surface area (Å²) in [7, 11) is 0. The van der Waals surface area contributed by atoms with Gasteiger partial charge in [-0.3, -0.25) is 9.59 Å². The van der Waals surface area contributed by atoms with Crippen molar-refractivity contribution in [3.63, 3.8) is 0 Å². The zero-order valence-electron chi connectivity index (χ0n) is 15.4. The van der Waals surface area contributed by atoms with Gasteiger partial charge in [-0.05, 0) is 51.0 Å². The number of rotatable bonds is 1. The van der Waals surface area contributed by atoms with Crippen molar-refractivity contribution in [3.8, 4) is 0 Å². The van der Waals surface area contributed by atoms with Gasteiger partial charge in [0, 0.05) is 5.69 Å². The molecule has 140 valence electrons. The zero-order valence-corrected chi connectivity index (χ0v) is 15.4. The van der Waals surface area contributed by atoms with Crippen LogP contribution in [0.4, 0.5) is 5.69 Å². The molecule has 3 saturated heterocycles. The van der Waals surface area contributed by atoms with Crippen molar-refractivity contribution in [1.82, 2.24) is 0 Å². The number of ether oxygens (including phenoxy) is 4. The van der Waals surface area contributed by atoms with E-state index in [1.807, 2.05) is 32.0 Å². The van der Waals surface area contributed by atoms with Crippen LogP contribution in [0, 0.1) is 13.8 Å². The number of benzene rings is 1. The summed E-state index contributed by atoms with van der Waals surface area (Å²) < 4.78 is 22.9. The summed E-state index contributed by atoms with van der Waals surface area (Å²) in [5.41, 5.74) is 2.81. The summed E-state index contributed by atoms with van der Waals surface area (Å²) in [6.45, 7) is 7.41. The Morgan fingerprint density at radius 3 is 2.42 bits per heavy atom. The Balaban J connectivity index is 1.63. The van der Waals surface area contributed by atoms with Gasteiger partial charge in [0.2, 0.25) is 5.78 Å². The third kappa shape index (κ3) is 2.85. The fraction of sp³-hybridized carbons (Fsp3) is 0.579. The summed E-state index contributed by atoms with van der Waals surface area (Å²) >= 11 is 0. The normalized spacial score (nSPS) is 33.6. The van der Waals surface area contributed by atoms with E-state index in [1.165, 1.54) is 0 Å². The van der Waals surface area contributed by atoms with Crippen molar-refractivity contribution in [1.29, 1.82) is 0 Å². The fourth-order valence-electron chi connectivity index (χ4n) is 3.86. The second-order valence-corrected chi connectivity index (χ2v) is 7.64. The first-order valence-electron chi connectivity index (χ1n) is 8.76. The molecule has 1 amide bonds. The summed E-state index contributed by atoms with van der Waals surface area (Å²) in [6, 6.07) is 5.86. The summed E-state index contributed by atoms with van der Waals surface area (Å²) in [5.74, 6) is -2.90. The van der Waals surface area contributed by atoms with E-state index >= 15 is 0 Å². The molecule has 3 heterocycles. The van der Waals surface area contributed by atoms with E-state index in [0.717, 1.165) is 16.8 Å². The van der Waals surface area contributed by atoms with Gasteiger partial charge in [-0.25, -0.2) is 0 Å². The van der Waals surface area contributed by atoms with Crippen molar-refractivity contribution in [2.45, 2.75) is 51.5 Å². The van der Waals surface area contributed by atoms with Crippen molar-refractivity contribution < 1.29 is 28.5 Å². The molecule has 3 aliphatic heterocycles. The number of anilines is 1. The SMILES string of the molecule is Cc1cc(C)cc(N2C[C@@]3(OCC2=O)OC[C@H]2OC(C)(C)O[C@H]2C3=O)c1. The lowest BCUT2D eigenvalue weighted by molar-refractivity contribution is -0.254. The van der Waals surface area contributed by atoms with Crippen molar-refractivity contribution in [2.75, 3.05) is 24.7 Å². The lowest BCUT2D eigenvalue weighted by atomic mass is 9.96. The zero-order chi connectivity index (χ0) is 18.7. The third-order valence-electron chi connectivity index (χ3n) is 4.91. The Morgan fingerprint density at radius 1 is 1.04 bits per heavy atom. The molecule has 1 aromatic rings. The largest absolute Gasteiger partial charge is 0.342 e. The predicted octanol–water partition coefficient (Wildman–Crippen LogP) is 1.48. The lowest BCUT2D eigenvalue weighted by Crippen LogP contribution is -2.67. The Bertz CT molecular complexity index is 755. The molecule has 3 fully saturated rings. The van der Waals surface area contributed by atoms with Crippen LogP contribution in [0.15, 0.2) is 18.2 Å². The van der Waals surface area contributed by atoms with Crippen molar-refractivity contribution >= 4 is 17.4 Å². The van der Waals surface area contributed by atoms with E-state index in [4.69, 9.17) is 18.9 Å². The van der Waals surface area contributed by atoms with Gasteiger partial charge < -0.3 is 23.8 Å². The number of amides is 1. The van der Waals surface area contributed by atoms with Crippen LogP contribution in [0.1, 0.15) is 25.0 Å². The van der Waals surface area contributed by atoms with E-state index in [1.54, 1.807) is 18.7 Å². The lowest BCUT2D eigenvalue weighted by Gasteiger charge is -2.44. The smallest absolute Gasteiger partial charge is 0.253 e. The van der Waals surface area contributed by atoms with Crippen LogP contribution in [-0.4, -0.2) is 55.2 Å². The van der Waals surface area contributed by atoms with Crippen LogP contribution >= 0.6 is 0 Å². The molecule has 1 aromatic carbocycles. The molecular weight excluding hydrogens is 338 g/mol. The average molecular weight is 361 g/mol. The molecule has 0 radical (unpaired) electrons. The van der Waals surface area contributed by atoms with E-state index in [0.29, 0.717) is 0 Å². The number of fused-ring (bicyclic) bond motifs is 1. The van der Waals surface area contributed by atoms with Crippen LogP contribution in [0.3, 0.4) is 0 Å². The van der Waals surface area contributed by atoms with Crippen molar-refractivity contribution in [2.24, 2.45) is 0 Å². The first-order chi connectivity index (χ1) is 12.2. The van der Waals surface area contributed by atoms with Crippen molar-refractivity contribution in [3.05, 3.63) is 29.3 Å². The number of nitrogens with zero attached hydrogens (tertiary/aromatic N) is 1. The fourth-order valence-corrected chi connectivity index (χ4v) is 3.86. The number of hydrogen-bond acceptors (Lipinski definition) is 6. The molecule has 0 saturated carbocycles. The molecule has 0 N–H and O–H groups in total. The quantitative estimate of drug-likeness (QED) is 0.754. The van der Waals surface area contributed by atoms with E-state index in [-0.39, 0.29) is 31.4 Å². The number of hydrogen-bond donors (Lipinski definition) is 0. The highest BCUT2D eigenvalue weighted by Crippen LogP contribution is 2.38. The maximum Gasteiger partial charge on any atom is 0.253 e. The van der Waals surface area contributed by atoms with Crippen LogP contribution in [0.2, 0.25) is 0 Å². The molecule has 0 aromatic heterocycles. The van der Waals surface area contributed by atoms with Gasteiger partial charge in [-0.1, -0.05) is 6.07 Å². The Labute approximate surface area is 152 Å². The minimum Gasteiger partial charge on any atom is -0.342 e. The van der Waals surface area contributed by atoms with Crippen LogP contribution in [0.5, 0.6) is 0 Å². The van der Waals surface area contributed by atoms with Gasteiger partial charge in [-0.2, -0.15) is 0 Å². The Hall–Kier alpha value is -1.80. The number of Topliss-reactive ketones (excluding diaryl/α,β-unsaturated/α-hetero) is 1. The molecular formula is C19H23NO6.